The van der Waals surface area contributed by atoms with Crippen LogP contribution in [0.4, 0.5) is 10.6 Å². The van der Waals surface area contributed by atoms with E-state index in [0.717, 1.165) is 62.0 Å². The fourth-order valence-electron chi connectivity index (χ4n) is 11.9. The highest BCUT2D eigenvalue weighted by Crippen LogP contribution is 2.36. The number of carbonyl (C=O) groups is 9. The molecule has 34 N–H and O–H groups in total. The molecule has 115 heavy (non-hydrogen) atoms. The van der Waals surface area contributed by atoms with Crippen LogP contribution in [0.1, 0.15) is 121 Å². The molecule has 0 spiro atoms. The Labute approximate surface area is 663 Å². The maximum Gasteiger partial charge on any atom is 0.404 e. The molecule has 0 aliphatic carbocycles. The monoisotopic (exact) mass is 1670 g/mol. The Morgan fingerprint density at radius 1 is 0.696 bits per heavy atom. The minimum Gasteiger partial charge on any atom is -0.441 e. The fraction of sp³-hybridized carbons (Fsp3) is 0.662. The van der Waals surface area contributed by atoms with Gasteiger partial charge in [0.15, 0.2) is 37.3 Å². The maximum atomic E-state index is 15.3. The van der Waals surface area contributed by atoms with Gasteiger partial charge in [-0.25, -0.2) is 29.7 Å². The van der Waals surface area contributed by atoms with Crippen LogP contribution in [0.15, 0.2) is 23.3 Å². The first-order chi connectivity index (χ1) is 54.4. The Morgan fingerprint density at radius 2 is 1.37 bits per heavy atom. The number of nitrogens with one attached hydrogen (secondary N) is 9. The van der Waals surface area contributed by atoms with Gasteiger partial charge in [0, 0.05) is 54.8 Å². The van der Waals surface area contributed by atoms with Crippen molar-refractivity contribution in [1.29, 1.82) is 0 Å². The topological polar surface area (TPSA) is 799 Å². The zero-order chi connectivity index (χ0) is 85.0. The van der Waals surface area contributed by atoms with E-state index < -0.39 is 256 Å². The van der Waals surface area contributed by atoms with Crippen LogP contribution in [-0.2, 0) is 61.9 Å². The number of ether oxygens (including phenoxy) is 7. The number of imidazole rings is 1. The summed E-state index contributed by atoms with van der Waals surface area (Å²) in [5.74, 6) is -8.63. The van der Waals surface area contributed by atoms with Gasteiger partial charge in [-0.15, -0.1) is 22.7 Å². The largest absolute Gasteiger partial charge is 0.441 e. The van der Waals surface area contributed by atoms with Crippen LogP contribution in [0.25, 0.3) is 10.7 Å². The summed E-state index contributed by atoms with van der Waals surface area (Å²) in [4.78, 5) is 145. The van der Waals surface area contributed by atoms with Gasteiger partial charge in [0.05, 0.1) is 80.3 Å². The third-order valence-electron chi connectivity index (χ3n) is 18.6. The summed E-state index contributed by atoms with van der Waals surface area (Å²) < 4.78 is 40.4. The number of carbonyl (C=O) groups excluding carboxylic acids is 9. The number of H-pyrrole nitrogens is 1. The van der Waals surface area contributed by atoms with Gasteiger partial charge in [0.2, 0.25) is 35.4 Å². The Bertz CT molecular complexity index is 3880. The molecule has 3 fully saturated rings. The molecule has 48 nitrogen and oxygen atoms in total. The second-order valence-electron chi connectivity index (χ2n) is 27.4. The molecule has 3 unspecified atom stereocenters. The normalized spacial score (nSPS) is 26.5. The number of thiazole rings is 2. The van der Waals surface area contributed by atoms with Crippen LogP contribution in [0.5, 0.6) is 0 Å². The lowest BCUT2D eigenvalue weighted by Gasteiger charge is -2.47. The van der Waals surface area contributed by atoms with E-state index in [4.69, 9.17) is 73.3 Å². The standard InChI is InChI=1S/C65H103N21O27S2/c1-22-39(83-54(85-52(22)70)28(13-35(68)91)77-15-27(67)53(71)101)56(103)84-41(49(29-16-74-21-78-29)110-64-51(45(97)42(94)33(17-87)109-64)111-63-47(99)50(112-65(72)106)43(95)34(18-88)108-63)58(105)79-23(2)32(90)14-37(93)82-40(24(3)89)57(104)86-59(113-62-46(98)44(96)38(69)25(4)107-62)48(100)61-81-31(20-115-61)60-80-30(19-114-60)55(102)76-10-6-8-26(66)12-36(92)75-11-7-9-73-5/h16,19-21,23-28,32-34,38,40-51,59,62-64,73,77,87-90,94-100H,6-15,17-18,66-67,69H2,1-5H3,(H2,68,91)(H2,71,101)(H2,72,106)(H,74,78)(H,75,92)(H,76,102)(H,79,105)(H,82,93)(H,84,103)(H,86,104)(H2,70,83,85)/t23-,24-,25+,26?,27+,28+,32+,33+,34-,38-,40+,41+,42-,43-,44-,45+,46-,47+,48?,49+,50+,51+,59?,62+,63-,64+/m1/s1. The Balaban J connectivity index is 1.14. The third kappa shape index (κ3) is 25.5. The molecule has 7 heterocycles. The number of primary amides is 3. The number of nitrogen functional groups attached to an aromatic ring is 1. The number of aliphatic hydroxyl groups is 11. The van der Waals surface area contributed by atoms with Crippen LogP contribution in [0.3, 0.4) is 0 Å². The van der Waals surface area contributed by atoms with Crippen LogP contribution >= 0.6 is 22.7 Å². The van der Waals surface area contributed by atoms with Crippen molar-refractivity contribution in [2.24, 2.45) is 34.4 Å². The molecule has 26 atom stereocenters. The van der Waals surface area contributed by atoms with E-state index in [2.05, 4.69) is 72.4 Å². The molecule has 9 amide bonds. The molecule has 4 aromatic rings. The van der Waals surface area contributed by atoms with Crippen molar-refractivity contribution < 1.29 is 132 Å². The van der Waals surface area contributed by atoms with E-state index in [1.807, 2.05) is 0 Å². The average molecular weight is 1670 g/mol. The second-order valence-corrected chi connectivity index (χ2v) is 29.2. The lowest BCUT2D eigenvalue weighted by molar-refractivity contribution is -0.372. The van der Waals surface area contributed by atoms with Gasteiger partial charge < -0.3 is 177 Å². The van der Waals surface area contributed by atoms with Gasteiger partial charge in [-0.3, -0.25) is 38.4 Å². The first kappa shape index (κ1) is 93.7. The van der Waals surface area contributed by atoms with E-state index in [-0.39, 0.29) is 51.5 Å². The van der Waals surface area contributed by atoms with E-state index in [1.54, 1.807) is 7.05 Å². The SMILES string of the molecule is CNCCCNC(=O)CC(N)CCCNC(=O)c1csc(-c2csc(C(O)C(NC(=O)[C@@H](NC(=O)C[C@H](O)[C@@H](C)NC(=O)[C@@H](NC(=O)c3nc([C@H](CC(N)=O)NC[C@H](N)C(N)=O)nc(N)c3C)[C@@H](O[C@@H]3O[C@@H](CO)[C@@H](O)[C@H](O)[C@@H]3O[C@H]3O[C@H](CO)[C@@H](O)[C@H](OC(N)=O)[C@@H]3O)c3cnc[nH]3)[C@@H](C)O)O[C@@H]3O[C@@H](C)[C@@H](N)[C@@H](O)[C@H]3O)n2)n1. The lowest BCUT2D eigenvalue weighted by Crippen LogP contribution is -2.65. The van der Waals surface area contributed by atoms with Gasteiger partial charge in [-0.2, -0.15) is 0 Å². The van der Waals surface area contributed by atoms with Gasteiger partial charge in [-0.05, 0) is 60.5 Å². The maximum absolute atomic E-state index is 15.3. The van der Waals surface area contributed by atoms with Crippen molar-refractivity contribution >= 4 is 81.8 Å². The average Bonchev–Trinajstić information content (AvgIpc) is 1.36. The second kappa shape index (κ2) is 43.6. The molecule has 3 aliphatic rings. The van der Waals surface area contributed by atoms with Crippen molar-refractivity contribution in [1.82, 2.24) is 72.4 Å². The number of aliphatic hydroxyl groups excluding tert-OH is 11. The predicted molar refractivity (Wildman–Crippen MR) is 394 cm³/mol. The Morgan fingerprint density at radius 3 is 2.02 bits per heavy atom. The number of nitrogens with zero attached hydrogens (tertiary/aromatic N) is 5. The molecule has 0 bridgehead atoms. The first-order valence-corrected chi connectivity index (χ1v) is 37.9. The molecule has 642 valence electrons. The van der Waals surface area contributed by atoms with Crippen molar-refractivity contribution in [3.63, 3.8) is 0 Å². The smallest absolute Gasteiger partial charge is 0.404 e. The summed E-state index contributed by atoms with van der Waals surface area (Å²) in [6.45, 7) is 3.87. The van der Waals surface area contributed by atoms with Crippen LogP contribution in [0.2, 0.25) is 0 Å². The van der Waals surface area contributed by atoms with E-state index in [9.17, 15) is 89.7 Å². The van der Waals surface area contributed by atoms with Crippen molar-refractivity contribution in [3.05, 3.63) is 56.8 Å². The minimum atomic E-state index is -2.27. The summed E-state index contributed by atoms with van der Waals surface area (Å²) in [6, 6.07) is -10.2. The number of hydrogen-bond donors (Lipinski definition) is 27. The van der Waals surface area contributed by atoms with Gasteiger partial charge in [0.25, 0.3) is 11.8 Å². The third-order valence-corrected chi connectivity index (χ3v) is 20.4. The number of rotatable bonds is 43. The molecular formula is C65H103N21O27S2. The molecule has 3 aliphatic heterocycles. The Hall–Kier alpha value is -8.50. The zero-order valence-electron chi connectivity index (χ0n) is 62.9. The molecule has 3 saturated heterocycles. The van der Waals surface area contributed by atoms with Crippen molar-refractivity contribution in [2.45, 2.75) is 225 Å². The molecule has 0 aromatic carbocycles. The lowest BCUT2D eigenvalue weighted by atomic mass is 9.97. The first-order valence-electron chi connectivity index (χ1n) is 36.1. The van der Waals surface area contributed by atoms with Gasteiger partial charge in [0.1, 0.15) is 112 Å². The highest BCUT2D eigenvalue weighted by Gasteiger charge is 2.54. The summed E-state index contributed by atoms with van der Waals surface area (Å²) in [5.41, 5.74) is 39.5. The fourth-order valence-corrected chi connectivity index (χ4v) is 13.5. The van der Waals surface area contributed by atoms with Gasteiger partial charge in [-0.1, -0.05) is 0 Å². The highest BCUT2D eigenvalue weighted by molar-refractivity contribution is 7.14. The van der Waals surface area contributed by atoms with Gasteiger partial charge >= 0.3 is 6.09 Å². The quantitative estimate of drug-likeness (QED) is 0.0145. The number of aromatic amines is 1. The number of aromatic nitrogens is 6. The molecule has 0 radical (unpaired) electrons. The summed E-state index contributed by atoms with van der Waals surface area (Å²) >= 11 is 1.84. The van der Waals surface area contributed by atoms with E-state index in [0.29, 0.717) is 19.4 Å². The molecule has 7 rings (SSSR count). The Kier molecular flexibility index (Phi) is 35.5. The number of nitrogens with two attached hydrogens (primary N) is 7. The van der Waals surface area contributed by atoms with E-state index in [1.165, 1.54) is 24.6 Å². The summed E-state index contributed by atoms with van der Waals surface area (Å²) in [5, 5.41) is 146. The van der Waals surface area contributed by atoms with Crippen LogP contribution < -0.4 is 82.7 Å². The molecule has 50 heteroatoms. The van der Waals surface area contributed by atoms with E-state index >= 15 is 9.59 Å². The highest BCUT2D eigenvalue weighted by atomic mass is 32.1. The summed E-state index contributed by atoms with van der Waals surface area (Å²) in [6.07, 6.45) is -36.3. The minimum absolute atomic E-state index is 0.0121. The zero-order valence-corrected chi connectivity index (χ0v) is 64.5. The van der Waals surface area contributed by atoms with Crippen LogP contribution in [-0.4, -0.2) is 327 Å². The number of amides is 9. The molecule has 0 saturated carbocycles. The predicted octanol–water partition coefficient (Wildman–Crippen LogP) is -11.4. The van der Waals surface area contributed by atoms with Crippen LogP contribution in [0, 0.1) is 6.92 Å². The van der Waals surface area contributed by atoms with Crippen molar-refractivity contribution in [3.8, 4) is 10.7 Å². The molecular weight excluding hydrogens is 1570 g/mol. The number of anilines is 1. The van der Waals surface area contributed by atoms with Crippen molar-refractivity contribution in [2.75, 3.05) is 52.2 Å². The summed E-state index contributed by atoms with van der Waals surface area (Å²) in [7, 11) is 1.81. The number of hydrogen-bond acceptors (Lipinski definition) is 40. The molecule has 4 aromatic heterocycles.